The number of hydrogen-bond donors (Lipinski definition) is 1. The van der Waals surface area contributed by atoms with Crippen molar-refractivity contribution in [2.24, 2.45) is 12.0 Å². The SMILES string of the molecule is CCc1nsc(N2CCN(C(=NCc3nnc(C)n3C)NCCCSC)CC2)n1. The van der Waals surface area contributed by atoms with Crippen molar-refractivity contribution in [1.29, 1.82) is 0 Å². The fraction of sp³-hybridized carbons (Fsp3) is 0.722. The zero-order valence-electron chi connectivity index (χ0n) is 17.8. The van der Waals surface area contributed by atoms with E-state index in [0.717, 1.165) is 79.9 Å². The first-order valence-corrected chi connectivity index (χ1v) is 12.2. The number of nitrogens with one attached hydrogen (secondary N) is 1. The molecule has 0 spiro atoms. The maximum absolute atomic E-state index is 4.86. The third-order valence-electron chi connectivity index (χ3n) is 4.98. The Bertz CT molecular complexity index is 793. The van der Waals surface area contributed by atoms with E-state index in [1.165, 1.54) is 11.5 Å². The Morgan fingerprint density at radius 2 is 2.03 bits per heavy atom. The predicted molar refractivity (Wildman–Crippen MR) is 121 cm³/mol. The van der Waals surface area contributed by atoms with E-state index in [2.05, 4.69) is 47.9 Å². The summed E-state index contributed by atoms with van der Waals surface area (Å²) >= 11 is 3.37. The lowest BCUT2D eigenvalue weighted by Crippen LogP contribution is -2.52. The molecule has 2 aromatic rings. The third-order valence-corrected chi connectivity index (χ3v) is 6.50. The number of guanidine groups is 1. The Morgan fingerprint density at radius 1 is 1.24 bits per heavy atom. The van der Waals surface area contributed by atoms with Crippen molar-refractivity contribution in [1.82, 2.24) is 34.3 Å². The van der Waals surface area contributed by atoms with Crippen molar-refractivity contribution in [2.75, 3.05) is 49.6 Å². The molecule has 3 rings (SSSR count). The number of nitrogens with zero attached hydrogens (tertiary/aromatic N) is 8. The number of piperazine rings is 1. The zero-order chi connectivity index (χ0) is 20.6. The summed E-state index contributed by atoms with van der Waals surface area (Å²) in [5.74, 6) is 4.82. The van der Waals surface area contributed by atoms with Gasteiger partial charge in [0.05, 0.1) is 0 Å². The first kappa shape index (κ1) is 21.8. The van der Waals surface area contributed by atoms with Gasteiger partial charge in [-0.25, -0.2) is 9.98 Å². The highest BCUT2D eigenvalue weighted by molar-refractivity contribution is 7.98. The highest BCUT2D eigenvalue weighted by Crippen LogP contribution is 2.19. The van der Waals surface area contributed by atoms with Crippen molar-refractivity contribution in [2.45, 2.75) is 33.2 Å². The van der Waals surface area contributed by atoms with E-state index in [1.54, 1.807) is 0 Å². The van der Waals surface area contributed by atoms with Gasteiger partial charge in [0.15, 0.2) is 11.8 Å². The van der Waals surface area contributed by atoms with Crippen LogP contribution < -0.4 is 10.2 Å². The summed E-state index contributed by atoms with van der Waals surface area (Å²) in [5.41, 5.74) is 0. The Labute approximate surface area is 181 Å². The summed E-state index contributed by atoms with van der Waals surface area (Å²) in [5, 5.41) is 13.0. The Balaban J connectivity index is 1.62. The van der Waals surface area contributed by atoms with Crippen LogP contribution in [-0.4, -0.2) is 79.7 Å². The molecule has 160 valence electrons. The molecule has 0 aromatic carbocycles. The summed E-state index contributed by atoms with van der Waals surface area (Å²) in [6.07, 6.45) is 4.14. The second-order valence-electron chi connectivity index (χ2n) is 6.96. The van der Waals surface area contributed by atoms with Crippen molar-refractivity contribution in [3.8, 4) is 0 Å². The van der Waals surface area contributed by atoms with Crippen LogP contribution in [0.15, 0.2) is 4.99 Å². The number of rotatable bonds is 8. The molecule has 9 nitrogen and oxygen atoms in total. The fourth-order valence-electron chi connectivity index (χ4n) is 3.05. The van der Waals surface area contributed by atoms with Gasteiger partial charge < -0.3 is 19.7 Å². The standard InChI is InChI=1S/C18H31N9S2/c1-5-15-21-18(29-24-15)27-10-8-26(9-11-27)17(19-7-6-12-28-4)20-13-16-23-22-14(2)25(16)3/h5-13H2,1-4H3,(H,19,20). The Hall–Kier alpha value is -1.88. The number of aryl methyl sites for hydroxylation is 2. The monoisotopic (exact) mass is 437 g/mol. The molecule has 0 bridgehead atoms. The summed E-state index contributed by atoms with van der Waals surface area (Å²) in [6.45, 7) is 9.17. The minimum absolute atomic E-state index is 0.526. The minimum Gasteiger partial charge on any atom is -0.356 e. The van der Waals surface area contributed by atoms with Crippen molar-refractivity contribution >= 4 is 34.4 Å². The fourth-order valence-corrected chi connectivity index (χ4v) is 4.28. The van der Waals surface area contributed by atoms with Gasteiger partial charge in [-0.15, -0.1) is 10.2 Å². The number of anilines is 1. The predicted octanol–water partition coefficient (Wildman–Crippen LogP) is 1.56. The molecule has 0 amide bonds. The van der Waals surface area contributed by atoms with E-state index in [9.17, 15) is 0 Å². The summed E-state index contributed by atoms with van der Waals surface area (Å²) in [6, 6.07) is 0. The number of thioether (sulfide) groups is 1. The quantitative estimate of drug-likeness (QED) is 0.378. The minimum atomic E-state index is 0.526. The van der Waals surface area contributed by atoms with E-state index < -0.39 is 0 Å². The van der Waals surface area contributed by atoms with Crippen LogP contribution in [-0.2, 0) is 20.0 Å². The van der Waals surface area contributed by atoms with Crippen molar-refractivity contribution in [3.63, 3.8) is 0 Å². The van der Waals surface area contributed by atoms with Gasteiger partial charge in [-0.3, -0.25) is 0 Å². The molecule has 3 heterocycles. The highest BCUT2D eigenvalue weighted by Gasteiger charge is 2.22. The lowest BCUT2D eigenvalue weighted by atomic mass is 10.3. The second-order valence-corrected chi connectivity index (χ2v) is 8.67. The van der Waals surface area contributed by atoms with Crippen LogP contribution in [0.1, 0.15) is 30.8 Å². The van der Waals surface area contributed by atoms with Crippen LogP contribution in [0.25, 0.3) is 0 Å². The number of aromatic nitrogens is 5. The van der Waals surface area contributed by atoms with E-state index in [4.69, 9.17) is 4.99 Å². The number of aliphatic imine (C=N–C) groups is 1. The van der Waals surface area contributed by atoms with E-state index in [-0.39, 0.29) is 0 Å². The van der Waals surface area contributed by atoms with E-state index in [0.29, 0.717) is 6.54 Å². The maximum Gasteiger partial charge on any atom is 0.205 e. The molecule has 29 heavy (non-hydrogen) atoms. The highest BCUT2D eigenvalue weighted by atomic mass is 32.2. The largest absolute Gasteiger partial charge is 0.356 e. The van der Waals surface area contributed by atoms with Gasteiger partial charge in [0.2, 0.25) is 5.13 Å². The van der Waals surface area contributed by atoms with Gasteiger partial charge in [-0.05, 0) is 25.4 Å². The van der Waals surface area contributed by atoms with Crippen LogP contribution in [0.4, 0.5) is 5.13 Å². The van der Waals surface area contributed by atoms with Crippen LogP contribution in [0.3, 0.4) is 0 Å². The van der Waals surface area contributed by atoms with E-state index >= 15 is 0 Å². The maximum atomic E-state index is 4.86. The summed E-state index contributed by atoms with van der Waals surface area (Å²) in [4.78, 5) is 14.1. The molecule has 1 fully saturated rings. The lowest BCUT2D eigenvalue weighted by molar-refractivity contribution is 0.371. The molecule has 0 radical (unpaired) electrons. The second kappa shape index (κ2) is 10.8. The molecule has 0 unspecified atom stereocenters. The van der Waals surface area contributed by atoms with Crippen LogP contribution in [0, 0.1) is 6.92 Å². The van der Waals surface area contributed by atoms with Crippen LogP contribution in [0.5, 0.6) is 0 Å². The third kappa shape index (κ3) is 5.81. The van der Waals surface area contributed by atoms with Gasteiger partial charge in [0.25, 0.3) is 0 Å². The molecule has 0 aliphatic carbocycles. The van der Waals surface area contributed by atoms with Gasteiger partial charge >= 0.3 is 0 Å². The summed E-state index contributed by atoms with van der Waals surface area (Å²) in [7, 11) is 1.98. The molecule has 0 atom stereocenters. The van der Waals surface area contributed by atoms with Crippen LogP contribution >= 0.6 is 23.3 Å². The molecule has 1 aliphatic rings. The molecule has 2 aromatic heterocycles. The normalized spacial score (nSPS) is 15.2. The van der Waals surface area contributed by atoms with E-state index in [1.807, 2.05) is 30.3 Å². The van der Waals surface area contributed by atoms with Crippen LogP contribution in [0.2, 0.25) is 0 Å². The molecule has 1 aliphatic heterocycles. The lowest BCUT2D eigenvalue weighted by Gasteiger charge is -2.36. The molecular weight excluding hydrogens is 406 g/mol. The smallest absolute Gasteiger partial charge is 0.205 e. The van der Waals surface area contributed by atoms with Crippen molar-refractivity contribution < 1.29 is 0 Å². The summed E-state index contributed by atoms with van der Waals surface area (Å²) < 4.78 is 6.41. The average Bonchev–Trinajstić information content (AvgIpc) is 3.35. The first-order chi connectivity index (χ1) is 14.1. The van der Waals surface area contributed by atoms with Gasteiger partial charge in [-0.2, -0.15) is 16.1 Å². The van der Waals surface area contributed by atoms with Gasteiger partial charge in [0, 0.05) is 57.7 Å². The van der Waals surface area contributed by atoms with Crippen molar-refractivity contribution in [3.05, 3.63) is 17.5 Å². The molecular formula is C18H31N9S2. The molecule has 11 heteroatoms. The first-order valence-electron chi connectivity index (χ1n) is 10.1. The van der Waals surface area contributed by atoms with Gasteiger partial charge in [-0.1, -0.05) is 6.92 Å². The average molecular weight is 438 g/mol. The zero-order valence-corrected chi connectivity index (χ0v) is 19.4. The molecule has 0 saturated carbocycles. The topological polar surface area (TPSA) is 87.4 Å². The Kier molecular flexibility index (Phi) is 8.10. The molecule has 1 saturated heterocycles. The molecule has 1 N–H and O–H groups in total. The Morgan fingerprint density at radius 3 is 2.66 bits per heavy atom. The van der Waals surface area contributed by atoms with Gasteiger partial charge in [0.1, 0.15) is 18.2 Å². The number of hydrogen-bond acceptors (Lipinski definition) is 8.